The molecule has 0 radical (unpaired) electrons. The summed E-state index contributed by atoms with van der Waals surface area (Å²) in [5, 5.41) is 0. The second-order valence-corrected chi connectivity index (χ2v) is 3.29. The van der Waals surface area contributed by atoms with Crippen molar-refractivity contribution in [2.75, 3.05) is 13.2 Å². The molecule has 0 atom stereocenters. The van der Waals surface area contributed by atoms with Crippen LogP contribution in [0, 0.1) is 12.3 Å². The second-order valence-electron chi connectivity index (χ2n) is 3.29. The zero-order valence-corrected chi connectivity index (χ0v) is 9.25. The zero-order valence-electron chi connectivity index (χ0n) is 9.25. The summed E-state index contributed by atoms with van der Waals surface area (Å²) >= 11 is 0. The summed E-state index contributed by atoms with van der Waals surface area (Å²) in [6.07, 6.45) is 7.65. The van der Waals surface area contributed by atoms with Crippen molar-refractivity contribution >= 4 is 11.6 Å². The molecule has 0 aliphatic carbocycles. The van der Waals surface area contributed by atoms with Crippen LogP contribution in [0.15, 0.2) is 0 Å². The molecular formula is C12H18O3. The lowest BCUT2D eigenvalue weighted by atomic mass is 10.1. The second kappa shape index (κ2) is 9.42. The minimum atomic E-state index is 0.0914. The van der Waals surface area contributed by atoms with E-state index in [1.54, 1.807) is 6.92 Å². The van der Waals surface area contributed by atoms with Crippen LogP contribution in [0.5, 0.6) is 0 Å². The minimum absolute atomic E-state index is 0.0914. The van der Waals surface area contributed by atoms with E-state index in [-0.39, 0.29) is 18.2 Å². The molecule has 0 aromatic carbocycles. The van der Waals surface area contributed by atoms with Gasteiger partial charge in [0, 0.05) is 32.3 Å². The SMILES string of the molecule is C#CCCC(=O)CCCOCC(=O)CC. The van der Waals surface area contributed by atoms with Crippen molar-refractivity contribution in [3.8, 4) is 12.3 Å². The molecule has 15 heavy (non-hydrogen) atoms. The van der Waals surface area contributed by atoms with Gasteiger partial charge in [0.15, 0.2) is 5.78 Å². The van der Waals surface area contributed by atoms with Gasteiger partial charge in [0.2, 0.25) is 0 Å². The lowest BCUT2D eigenvalue weighted by molar-refractivity contribution is -0.123. The molecule has 0 aromatic rings. The smallest absolute Gasteiger partial charge is 0.158 e. The topological polar surface area (TPSA) is 43.4 Å². The van der Waals surface area contributed by atoms with E-state index in [1.165, 1.54) is 0 Å². The molecule has 0 bridgehead atoms. The van der Waals surface area contributed by atoms with Gasteiger partial charge in [0.05, 0.1) is 0 Å². The van der Waals surface area contributed by atoms with Crippen LogP contribution in [0.3, 0.4) is 0 Å². The molecule has 3 heteroatoms. The molecule has 0 saturated carbocycles. The quantitative estimate of drug-likeness (QED) is 0.430. The molecule has 0 rings (SSSR count). The van der Waals surface area contributed by atoms with Crippen LogP contribution in [-0.4, -0.2) is 24.8 Å². The average Bonchev–Trinajstić information content (AvgIpc) is 2.25. The van der Waals surface area contributed by atoms with E-state index in [0.717, 1.165) is 0 Å². The Morgan fingerprint density at radius 1 is 1.27 bits per heavy atom. The van der Waals surface area contributed by atoms with Crippen LogP contribution in [-0.2, 0) is 14.3 Å². The van der Waals surface area contributed by atoms with Gasteiger partial charge >= 0.3 is 0 Å². The largest absolute Gasteiger partial charge is 0.374 e. The van der Waals surface area contributed by atoms with E-state index in [9.17, 15) is 9.59 Å². The molecule has 0 fully saturated rings. The number of carbonyl (C=O) groups excluding carboxylic acids is 2. The van der Waals surface area contributed by atoms with Crippen LogP contribution in [0.25, 0.3) is 0 Å². The predicted octanol–water partition coefficient (Wildman–Crippen LogP) is 1.74. The first kappa shape index (κ1) is 13.9. The number of ketones is 2. The molecule has 0 aliphatic rings. The van der Waals surface area contributed by atoms with Crippen molar-refractivity contribution in [3.63, 3.8) is 0 Å². The van der Waals surface area contributed by atoms with E-state index in [1.807, 2.05) is 0 Å². The molecule has 0 N–H and O–H groups in total. The van der Waals surface area contributed by atoms with Crippen molar-refractivity contribution in [2.24, 2.45) is 0 Å². The van der Waals surface area contributed by atoms with Gasteiger partial charge in [-0.25, -0.2) is 0 Å². The van der Waals surface area contributed by atoms with Gasteiger partial charge in [0.25, 0.3) is 0 Å². The maximum atomic E-state index is 11.1. The summed E-state index contributed by atoms with van der Waals surface area (Å²) in [6, 6.07) is 0. The normalized spacial score (nSPS) is 9.60. The van der Waals surface area contributed by atoms with E-state index < -0.39 is 0 Å². The summed E-state index contributed by atoms with van der Waals surface area (Å²) in [5.41, 5.74) is 0. The summed E-state index contributed by atoms with van der Waals surface area (Å²) in [5.74, 6) is 2.68. The highest BCUT2D eigenvalue weighted by atomic mass is 16.5. The molecular weight excluding hydrogens is 192 g/mol. The highest BCUT2D eigenvalue weighted by molar-refractivity contribution is 5.79. The van der Waals surface area contributed by atoms with E-state index in [0.29, 0.717) is 38.7 Å². The monoisotopic (exact) mass is 210 g/mol. The van der Waals surface area contributed by atoms with Crippen LogP contribution in [0.2, 0.25) is 0 Å². The molecule has 0 amide bonds. The Labute approximate surface area is 91.2 Å². The third kappa shape index (κ3) is 9.17. The molecule has 0 heterocycles. The van der Waals surface area contributed by atoms with Gasteiger partial charge in [-0.1, -0.05) is 6.92 Å². The van der Waals surface area contributed by atoms with Gasteiger partial charge in [-0.2, -0.15) is 0 Å². The van der Waals surface area contributed by atoms with Gasteiger partial charge in [0.1, 0.15) is 12.4 Å². The molecule has 0 unspecified atom stereocenters. The Kier molecular flexibility index (Phi) is 8.70. The Hall–Kier alpha value is -1.14. The fourth-order valence-corrected chi connectivity index (χ4v) is 0.996. The molecule has 0 spiro atoms. The maximum Gasteiger partial charge on any atom is 0.158 e. The first-order valence-electron chi connectivity index (χ1n) is 5.25. The zero-order chi connectivity index (χ0) is 11.5. The molecule has 84 valence electrons. The number of rotatable bonds is 9. The third-order valence-corrected chi connectivity index (χ3v) is 1.95. The van der Waals surface area contributed by atoms with E-state index in [4.69, 9.17) is 11.2 Å². The van der Waals surface area contributed by atoms with Crippen molar-refractivity contribution in [3.05, 3.63) is 0 Å². The molecule has 0 saturated heterocycles. The third-order valence-electron chi connectivity index (χ3n) is 1.95. The molecule has 0 aromatic heterocycles. The summed E-state index contributed by atoms with van der Waals surface area (Å²) < 4.78 is 5.10. The standard InChI is InChI=1S/C12H18O3/c1-3-5-7-12(14)8-6-9-15-10-11(13)4-2/h1H,4-10H2,2H3. The van der Waals surface area contributed by atoms with Crippen LogP contribution < -0.4 is 0 Å². The number of ether oxygens (including phenoxy) is 1. The number of hydrogen-bond acceptors (Lipinski definition) is 3. The number of hydrogen-bond donors (Lipinski definition) is 0. The van der Waals surface area contributed by atoms with Crippen LogP contribution in [0.4, 0.5) is 0 Å². The minimum Gasteiger partial charge on any atom is -0.374 e. The highest BCUT2D eigenvalue weighted by Crippen LogP contribution is 1.98. The van der Waals surface area contributed by atoms with Gasteiger partial charge in [-0.15, -0.1) is 12.3 Å². The van der Waals surface area contributed by atoms with Crippen molar-refractivity contribution in [1.82, 2.24) is 0 Å². The van der Waals surface area contributed by atoms with Gasteiger partial charge in [-0.3, -0.25) is 9.59 Å². The first-order chi connectivity index (χ1) is 7.20. The maximum absolute atomic E-state index is 11.1. The Balaban J connectivity index is 3.28. The summed E-state index contributed by atoms with van der Waals surface area (Å²) in [4.78, 5) is 22.0. The number of Topliss-reactive ketones (excluding diaryl/α,β-unsaturated/α-hetero) is 2. The van der Waals surface area contributed by atoms with Crippen molar-refractivity contribution in [1.29, 1.82) is 0 Å². The lowest BCUT2D eigenvalue weighted by Crippen LogP contribution is -2.08. The number of terminal acetylenes is 1. The van der Waals surface area contributed by atoms with E-state index in [2.05, 4.69) is 5.92 Å². The fraction of sp³-hybridized carbons (Fsp3) is 0.667. The van der Waals surface area contributed by atoms with Gasteiger partial charge in [-0.05, 0) is 6.42 Å². The van der Waals surface area contributed by atoms with Gasteiger partial charge < -0.3 is 4.74 Å². The van der Waals surface area contributed by atoms with Crippen molar-refractivity contribution < 1.29 is 14.3 Å². The van der Waals surface area contributed by atoms with Crippen molar-refractivity contribution in [2.45, 2.75) is 39.0 Å². The Bertz CT molecular complexity index is 238. The van der Waals surface area contributed by atoms with Crippen LogP contribution in [0.1, 0.15) is 39.0 Å². The number of carbonyl (C=O) groups is 2. The molecule has 3 nitrogen and oxygen atoms in total. The average molecular weight is 210 g/mol. The summed E-state index contributed by atoms with van der Waals surface area (Å²) in [6.45, 7) is 2.43. The Morgan fingerprint density at radius 3 is 2.60 bits per heavy atom. The summed E-state index contributed by atoms with van der Waals surface area (Å²) in [7, 11) is 0. The predicted molar refractivity (Wildman–Crippen MR) is 58.4 cm³/mol. The molecule has 0 aliphatic heterocycles. The van der Waals surface area contributed by atoms with E-state index >= 15 is 0 Å². The highest BCUT2D eigenvalue weighted by Gasteiger charge is 2.01. The Morgan fingerprint density at radius 2 is 2.00 bits per heavy atom. The fourth-order valence-electron chi connectivity index (χ4n) is 0.996. The first-order valence-corrected chi connectivity index (χ1v) is 5.25. The van der Waals surface area contributed by atoms with Crippen LogP contribution >= 0.6 is 0 Å². The lowest BCUT2D eigenvalue weighted by Gasteiger charge is -2.01.